The number of nitrogens with one attached hydrogen (secondary N) is 1. The van der Waals surface area contributed by atoms with Gasteiger partial charge in [0.25, 0.3) is 0 Å². The largest absolute Gasteiger partial charge is 0.481 e. The van der Waals surface area contributed by atoms with E-state index in [1.54, 1.807) is 14.2 Å². The van der Waals surface area contributed by atoms with Crippen LogP contribution in [0.4, 0.5) is 4.79 Å². The summed E-state index contributed by atoms with van der Waals surface area (Å²) in [6, 6.07) is -0.782. The fourth-order valence-corrected chi connectivity index (χ4v) is 1.55. The van der Waals surface area contributed by atoms with Gasteiger partial charge in [0.15, 0.2) is 0 Å². The maximum atomic E-state index is 12.1. The van der Waals surface area contributed by atoms with Crippen LogP contribution in [0.3, 0.4) is 0 Å². The molecule has 0 aromatic heterocycles. The number of amides is 2. The predicted molar refractivity (Wildman–Crippen MR) is 73.1 cm³/mol. The molecule has 2 unspecified atom stereocenters. The van der Waals surface area contributed by atoms with Crippen molar-refractivity contribution in [2.24, 2.45) is 5.41 Å². The van der Waals surface area contributed by atoms with Crippen molar-refractivity contribution in [1.82, 2.24) is 10.2 Å². The quantitative estimate of drug-likeness (QED) is 0.770. The van der Waals surface area contributed by atoms with Gasteiger partial charge in [0.05, 0.1) is 19.1 Å². The minimum Gasteiger partial charge on any atom is -0.481 e. The third kappa shape index (κ3) is 6.42. The SMILES string of the molecule is COCC(C)N(C)C(=O)NC(CC(=O)O)C(C)(C)C. The van der Waals surface area contributed by atoms with Gasteiger partial charge in [-0.2, -0.15) is 0 Å². The Balaban J connectivity index is 4.67. The monoisotopic (exact) mass is 274 g/mol. The summed E-state index contributed by atoms with van der Waals surface area (Å²) in [5.74, 6) is -0.923. The number of hydrogen-bond acceptors (Lipinski definition) is 3. The van der Waals surface area contributed by atoms with Gasteiger partial charge in [0, 0.05) is 20.2 Å². The van der Waals surface area contributed by atoms with Gasteiger partial charge in [0.2, 0.25) is 0 Å². The van der Waals surface area contributed by atoms with Gasteiger partial charge in [-0.05, 0) is 12.3 Å². The average Bonchev–Trinajstić information content (AvgIpc) is 2.25. The number of carbonyl (C=O) groups excluding carboxylic acids is 1. The van der Waals surface area contributed by atoms with Crippen molar-refractivity contribution >= 4 is 12.0 Å². The Morgan fingerprint density at radius 1 is 1.37 bits per heavy atom. The summed E-state index contributed by atoms with van der Waals surface area (Å²) in [5, 5.41) is 11.7. The number of hydrogen-bond donors (Lipinski definition) is 2. The lowest BCUT2D eigenvalue weighted by Crippen LogP contribution is -2.52. The highest BCUT2D eigenvalue weighted by atomic mass is 16.5. The zero-order chi connectivity index (χ0) is 15.2. The van der Waals surface area contributed by atoms with Gasteiger partial charge in [-0.1, -0.05) is 20.8 Å². The highest BCUT2D eigenvalue weighted by Gasteiger charge is 2.30. The van der Waals surface area contributed by atoms with E-state index in [1.165, 1.54) is 4.90 Å². The molecule has 0 aromatic rings. The van der Waals surface area contributed by atoms with Crippen LogP contribution >= 0.6 is 0 Å². The van der Waals surface area contributed by atoms with E-state index in [1.807, 2.05) is 27.7 Å². The van der Waals surface area contributed by atoms with Crippen LogP contribution in [0, 0.1) is 5.41 Å². The normalized spacial score (nSPS) is 14.6. The van der Waals surface area contributed by atoms with Gasteiger partial charge in [-0.25, -0.2) is 4.79 Å². The smallest absolute Gasteiger partial charge is 0.317 e. The Labute approximate surface area is 115 Å². The standard InChI is InChI=1S/C13H26N2O4/c1-9(8-19-6)15(5)12(18)14-10(7-11(16)17)13(2,3)4/h9-10H,7-8H2,1-6H3,(H,14,18)(H,16,17). The highest BCUT2D eigenvalue weighted by molar-refractivity contribution is 5.76. The molecule has 0 saturated carbocycles. The van der Waals surface area contributed by atoms with Crippen molar-refractivity contribution in [1.29, 1.82) is 0 Å². The predicted octanol–water partition coefficient (Wildman–Crippen LogP) is 1.55. The van der Waals surface area contributed by atoms with Crippen molar-refractivity contribution in [2.45, 2.75) is 46.2 Å². The molecule has 0 heterocycles. The molecule has 2 N–H and O–H groups in total. The van der Waals surface area contributed by atoms with Crippen LogP contribution in [0.15, 0.2) is 0 Å². The van der Waals surface area contributed by atoms with Gasteiger partial charge >= 0.3 is 12.0 Å². The van der Waals surface area contributed by atoms with Crippen LogP contribution in [0.2, 0.25) is 0 Å². The molecule has 0 spiro atoms. The number of carbonyl (C=O) groups is 2. The number of urea groups is 1. The molecule has 2 atom stereocenters. The number of rotatable bonds is 6. The first-order valence-electron chi connectivity index (χ1n) is 6.33. The Morgan fingerprint density at radius 2 is 1.89 bits per heavy atom. The molecule has 0 aliphatic rings. The van der Waals surface area contributed by atoms with Crippen LogP contribution in [0.1, 0.15) is 34.1 Å². The Morgan fingerprint density at radius 3 is 2.26 bits per heavy atom. The number of carboxylic acid groups (broad SMARTS) is 1. The molecule has 6 heteroatoms. The van der Waals surface area contributed by atoms with E-state index in [-0.39, 0.29) is 23.9 Å². The number of aliphatic carboxylic acids is 1. The van der Waals surface area contributed by atoms with Crippen molar-refractivity contribution < 1.29 is 19.4 Å². The molecule has 0 bridgehead atoms. The summed E-state index contributed by atoms with van der Waals surface area (Å²) < 4.78 is 5.00. The summed E-state index contributed by atoms with van der Waals surface area (Å²) in [6.07, 6.45) is -0.0955. The van der Waals surface area contributed by atoms with Crippen molar-refractivity contribution in [2.75, 3.05) is 20.8 Å². The summed E-state index contributed by atoms with van der Waals surface area (Å²) in [4.78, 5) is 24.4. The second-order valence-corrected chi connectivity index (χ2v) is 5.88. The number of nitrogens with zero attached hydrogens (tertiary/aromatic N) is 1. The summed E-state index contributed by atoms with van der Waals surface area (Å²) in [7, 11) is 3.24. The van der Waals surface area contributed by atoms with E-state index in [9.17, 15) is 9.59 Å². The molecule has 6 nitrogen and oxygen atoms in total. The second kappa shape index (κ2) is 7.33. The lowest BCUT2D eigenvalue weighted by molar-refractivity contribution is -0.138. The van der Waals surface area contributed by atoms with Crippen LogP contribution in [-0.2, 0) is 9.53 Å². The van der Waals surface area contributed by atoms with Crippen molar-refractivity contribution in [3.63, 3.8) is 0 Å². The van der Waals surface area contributed by atoms with Gasteiger partial charge in [-0.3, -0.25) is 4.79 Å². The first kappa shape index (κ1) is 17.7. The number of methoxy groups -OCH3 is 1. The van der Waals surface area contributed by atoms with Crippen molar-refractivity contribution in [3.05, 3.63) is 0 Å². The molecular weight excluding hydrogens is 248 g/mol. The first-order valence-corrected chi connectivity index (χ1v) is 6.33. The molecule has 19 heavy (non-hydrogen) atoms. The molecule has 0 fully saturated rings. The van der Waals surface area contributed by atoms with E-state index in [0.717, 1.165) is 0 Å². The number of ether oxygens (including phenoxy) is 1. The molecule has 0 rings (SSSR count). The maximum absolute atomic E-state index is 12.1. The summed E-state index contributed by atoms with van der Waals surface area (Å²) >= 11 is 0. The van der Waals surface area contributed by atoms with Gasteiger partial charge < -0.3 is 20.1 Å². The Hall–Kier alpha value is -1.30. The zero-order valence-corrected chi connectivity index (χ0v) is 12.7. The highest BCUT2D eigenvalue weighted by Crippen LogP contribution is 2.22. The second-order valence-electron chi connectivity index (χ2n) is 5.88. The van der Waals surface area contributed by atoms with E-state index < -0.39 is 12.0 Å². The fourth-order valence-electron chi connectivity index (χ4n) is 1.55. The fraction of sp³-hybridized carbons (Fsp3) is 0.846. The molecule has 0 radical (unpaired) electrons. The number of carboxylic acids is 1. The van der Waals surface area contributed by atoms with Gasteiger partial charge in [0.1, 0.15) is 0 Å². The summed E-state index contributed by atoms with van der Waals surface area (Å²) in [6.45, 7) is 8.01. The van der Waals surface area contributed by atoms with Crippen LogP contribution in [0.25, 0.3) is 0 Å². The van der Waals surface area contributed by atoms with E-state index >= 15 is 0 Å². The van der Waals surface area contributed by atoms with Crippen molar-refractivity contribution in [3.8, 4) is 0 Å². The topological polar surface area (TPSA) is 78.9 Å². The Bertz CT molecular complexity index is 312. The van der Waals surface area contributed by atoms with E-state index in [0.29, 0.717) is 6.61 Å². The minimum absolute atomic E-state index is 0.0737. The molecular formula is C13H26N2O4. The lowest BCUT2D eigenvalue weighted by atomic mass is 9.85. The molecule has 0 aliphatic heterocycles. The Kier molecular flexibility index (Phi) is 6.83. The molecule has 2 amide bonds. The van der Waals surface area contributed by atoms with Crippen LogP contribution in [-0.4, -0.2) is 54.9 Å². The van der Waals surface area contributed by atoms with Gasteiger partial charge in [-0.15, -0.1) is 0 Å². The third-order valence-electron chi connectivity index (χ3n) is 3.11. The lowest BCUT2D eigenvalue weighted by Gasteiger charge is -2.33. The minimum atomic E-state index is -0.923. The molecule has 112 valence electrons. The summed E-state index contributed by atoms with van der Waals surface area (Å²) in [5.41, 5.74) is -0.320. The molecule has 0 saturated heterocycles. The van der Waals surface area contributed by atoms with E-state index in [4.69, 9.17) is 9.84 Å². The average molecular weight is 274 g/mol. The first-order chi connectivity index (χ1) is 8.59. The molecule has 0 aromatic carbocycles. The maximum Gasteiger partial charge on any atom is 0.317 e. The third-order valence-corrected chi connectivity index (χ3v) is 3.11. The zero-order valence-electron chi connectivity index (χ0n) is 12.7. The molecule has 0 aliphatic carbocycles. The van der Waals surface area contributed by atoms with Crippen LogP contribution < -0.4 is 5.32 Å². The van der Waals surface area contributed by atoms with E-state index in [2.05, 4.69) is 5.32 Å². The van der Waals surface area contributed by atoms with Crippen LogP contribution in [0.5, 0.6) is 0 Å². The number of likely N-dealkylation sites (N-methyl/N-ethyl adjacent to an activating group) is 1.